The topological polar surface area (TPSA) is 88.8 Å². The number of nitrogens with zero attached hydrogens (tertiary/aromatic N) is 1. The third-order valence-electron chi connectivity index (χ3n) is 5.38. The van der Waals surface area contributed by atoms with Crippen LogP contribution in [0, 0.1) is 6.92 Å². The number of hydrogen-bond acceptors (Lipinski definition) is 5. The number of sulfonamides is 1. The average molecular weight is 455 g/mol. The smallest absolute Gasteiger partial charge is 0.243 e. The summed E-state index contributed by atoms with van der Waals surface area (Å²) in [5.74, 6) is 1.28. The van der Waals surface area contributed by atoms with Crippen LogP contribution in [0.15, 0.2) is 70.0 Å². The summed E-state index contributed by atoms with van der Waals surface area (Å²) in [5.41, 5.74) is 2.08. The Hall–Kier alpha value is -2.94. The summed E-state index contributed by atoms with van der Waals surface area (Å²) in [7, 11) is -3.64. The first-order valence-corrected chi connectivity index (χ1v) is 12.0. The molecule has 0 bridgehead atoms. The Kier molecular flexibility index (Phi) is 6.74. The Bertz CT molecular complexity index is 1180. The third-order valence-corrected chi connectivity index (χ3v) is 7.42. The number of benzene rings is 2. The molecule has 2 heterocycles. The molecule has 168 valence electrons. The van der Waals surface area contributed by atoms with Crippen molar-refractivity contribution in [2.75, 3.05) is 31.6 Å². The van der Waals surface area contributed by atoms with Gasteiger partial charge in [0.2, 0.25) is 15.9 Å². The van der Waals surface area contributed by atoms with Crippen molar-refractivity contribution in [3.8, 4) is 11.3 Å². The molecule has 1 aromatic heterocycles. The molecule has 32 heavy (non-hydrogen) atoms. The Morgan fingerprint density at radius 1 is 1.03 bits per heavy atom. The highest BCUT2D eigenvalue weighted by Crippen LogP contribution is 2.25. The van der Waals surface area contributed by atoms with Gasteiger partial charge in [-0.1, -0.05) is 36.4 Å². The Balaban J connectivity index is 1.39. The fourth-order valence-electron chi connectivity index (χ4n) is 3.61. The molecular weight excluding hydrogens is 428 g/mol. The van der Waals surface area contributed by atoms with Crippen LogP contribution in [0.4, 0.5) is 5.69 Å². The van der Waals surface area contributed by atoms with Crippen LogP contribution in [-0.4, -0.2) is 44.9 Å². The minimum atomic E-state index is -3.64. The number of hydrogen-bond donors (Lipinski definition) is 1. The first-order chi connectivity index (χ1) is 15.4. The van der Waals surface area contributed by atoms with Gasteiger partial charge in [-0.25, -0.2) is 8.42 Å². The van der Waals surface area contributed by atoms with Gasteiger partial charge in [0.25, 0.3) is 0 Å². The van der Waals surface area contributed by atoms with Crippen LogP contribution in [-0.2, 0) is 26.0 Å². The maximum atomic E-state index is 13.0. The molecule has 1 amide bonds. The number of rotatable bonds is 7. The summed E-state index contributed by atoms with van der Waals surface area (Å²) < 4.78 is 38.6. The molecule has 4 rings (SSSR count). The van der Waals surface area contributed by atoms with Crippen molar-refractivity contribution in [3.05, 3.63) is 72.0 Å². The lowest BCUT2D eigenvalue weighted by molar-refractivity contribution is -0.116. The minimum Gasteiger partial charge on any atom is -0.461 e. The number of amides is 1. The van der Waals surface area contributed by atoms with Crippen molar-refractivity contribution in [2.45, 2.75) is 24.7 Å². The van der Waals surface area contributed by atoms with E-state index in [0.717, 1.165) is 17.1 Å². The minimum absolute atomic E-state index is 0.204. The predicted molar refractivity (Wildman–Crippen MR) is 122 cm³/mol. The van der Waals surface area contributed by atoms with Crippen LogP contribution in [0.2, 0.25) is 0 Å². The second kappa shape index (κ2) is 9.68. The molecule has 0 aliphatic carbocycles. The molecular formula is C24H26N2O5S. The number of aryl methyl sites for hydroxylation is 2. The lowest BCUT2D eigenvalue weighted by Gasteiger charge is -2.26. The maximum absolute atomic E-state index is 13.0. The molecule has 3 aromatic rings. The van der Waals surface area contributed by atoms with E-state index in [1.807, 2.05) is 42.5 Å². The molecule has 7 nitrogen and oxygen atoms in total. The molecule has 0 unspecified atom stereocenters. The first kappa shape index (κ1) is 22.3. The number of nitrogens with one attached hydrogen (secondary N) is 1. The summed E-state index contributed by atoms with van der Waals surface area (Å²) in [4.78, 5) is 12.7. The number of carbonyl (C=O) groups excluding carboxylic acids is 1. The van der Waals surface area contributed by atoms with Crippen molar-refractivity contribution in [2.24, 2.45) is 0 Å². The largest absolute Gasteiger partial charge is 0.461 e. The van der Waals surface area contributed by atoms with E-state index >= 15 is 0 Å². The summed E-state index contributed by atoms with van der Waals surface area (Å²) in [6.45, 7) is 3.17. The van der Waals surface area contributed by atoms with Crippen LogP contribution < -0.4 is 5.32 Å². The highest BCUT2D eigenvalue weighted by molar-refractivity contribution is 7.89. The molecule has 0 saturated carbocycles. The molecule has 2 aromatic carbocycles. The van der Waals surface area contributed by atoms with Crippen LogP contribution in [0.5, 0.6) is 0 Å². The third kappa shape index (κ3) is 5.09. The molecule has 1 N–H and O–H groups in total. The normalized spacial score (nSPS) is 14.9. The summed E-state index contributed by atoms with van der Waals surface area (Å²) in [6.07, 6.45) is 0.671. The number of morpholine rings is 1. The van der Waals surface area contributed by atoms with Gasteiger partial charge in [0, 0.05) is 37.2 Å². The zero-order valence-corrected chi connectivity index (χ0v) is 18.7. The van der Waals surface area contributed by atoms with Crippen molar-refractivity contribution in [1.82, 2.24) is 4.31 Å². The number of furan rings is 1. The van der Waals surface area contributed by atoms with Crippen LogP contribution >= 0.6 is 0 Å². The standard InChI is InChI=1S/C24H26N2O5S/c1-18-7-8-20(17-23(18)32(28,29)26-13-15-30-16-14-26)25-24(27)12-10-21-9-11-22(31-21)19-5-3-2-4-6-19/h2-9,11,17H,10,12-16H2,1H3,(H,25,27). The summed E-state index contributed by atoms with van der Waals surface area (Å²) in [6, 6.07) is 18.5. The highest BCUT2D eigenvalue weighted by Gasteiger charge is 2.28. The van der Waals surface area contributed by atoms with E-state index in [4.69, 9.17) is 9.15 Å². The van der Waals surface area contributed by atoms with Crippen LogP contribution in [0.25, 0.3) is 11.3 Å². The molecule has 8 heteroatoms. The Morgan fingerprint density at radius 2 is 1.78 bits per heavy atom. The maximum Gasteiger partial charge on any atom is 0.243 e. The van der Waals surface area contributed by atoms with E-state index in [1.54, 1.807) is 19.1 Å². The van der Waals surface area contributed by atoms with E-state index in [2.05, 4.69) is 5.32 Å². The van der Waals surface area contributed by atoms with Gasteiger partial charge >= 0.3 is 0 Å². The van der Waals surface area contributed by atoms with Gasteiger partial charge in [0.05, 0.1) is 18.1 Å². The van der Waals surface area contributed by atoms with Crippen LogP contribution in [0.1, 0.15) is 17.7 Å². The second-order valence-electron chi connectivity index (χ2n) is 7.68. The molecule has 1 fully saturated rings. The lowest BCUT2D eigenvalue weighted by atomic mass is 10.2. The predicted octanol–water partition coefficient (Wildman–Crippen LogP) is 3.85. The van der Waals surface area contributed by atoms with Gasteiger partial charge in [-0.15, -0.1) is 0 Å². The Morgan fingerprint density at radius 3 is 2.53 bits per heavy atom. The molecule has 0 atom stereocenters. The SMILES string of the molecule is Cc1ccc(NC(=O)CCc2ccc(-c3ccccc3)o2)cc1S(=O)(=O)N1CCOCC1. The first-order valence-electron chi connectivity index (χ1n) is 10.6. The van der Waals surface area contributed by atoms with Crippen molar-refractivity contribution < 1.29 is 22.4 Å². The quantitative estimate of drug-likeness (QED) is 0.586. The fourth-order valence-corrected chi connectivity index (χ4v) is 5.27. The lowest BCUT2D eigenvalue weighted by Crippen LogP contribution is -2.40. The monoisotopic (exact) mass is 454 g/mol. The molecule has 0 spiro atoms. The zero-order valence-electron chi connectivity index (χ0n) is 17.9. The van der Waals surface area contributed by atoms with Gasteiger partial charge < -0.3 is 14.5 Å². The van der Waals surface area contributed by atoms with Gasteiger partial charge in [0.1, 0.15) is 11.5 Å². The van der Waals surface area contributed by atoms with Gasteiger partial charge in [-0.2, -0.15) is 4.31 Å². The van der Waals surface area contributed by atoms with Gasteiger partial charge in [-0.3, -0.25) is 4.79 Å². The molecule has 1 saturated heterocycles. The Labute approximate surface area is 188 Å². The summed E-state index contributed by atoms with van der Waals surface area (Å²) in [5, 5.41) is 2.81. The number of carbonyl (C=O) groups is 1. The van der Waals surface area contributed by atoms with Gasteiger partial charge in [-0.05, 0) is 36.8 Å². The fraction of sp³-hybridized carbons (Fsp3) is 0.292. The van der Waals surface area contributed by atoms with E-state index in [-0.39, 0.29) is 17.2 Å². The molecule has 1 aliphatic heterocycles. The zero-order chi connectivity index (χ0) is 22.6. The molecule has 0 radical (unpaired) electrons. The van der Waals surface area contributed by atoms with E-state index < -0.39 is 10.0 Å². The average Bonchev–Trinajstić information content (AvgIpc) is 3.29. The van der Waals surface area contributed by atoms with Crippen molar-refractivity contribution in [3.63, 3.8) is 0 Å². The number of ether oxygens (including phenoxy) is 1. The van der Waals surface area contributed by atoms with Crippen molar-refractivity contribution in [1.29, 1.82) is 0 Å². The van der Waals surface area contributed by atoms with Gasteiger partial charge in [0.15, 0.2) is 0 Å². The van der Waals surface area contributed by atoms with E-state index in [0.29, 0.717) is 44.0 Å². The van der Waals surface area contributed by atoms with E-state index in [9.17, 15) is 13.2 Å². The molecule has 1 aliphatic rings. The highest BCUT2D eigenvalue weighted by atomic mass is 32.2. The number of anilines is 1. The van der Waals surface area contributed by atoms with E-state index in [1.165, 1.54) is 10.4 Å². The van der Waals surface area contributed by atoms with Crippen molar-refractivity contribution >= 4 is 21.6 Å². The van der Waals surface area contributed by atoms with Crippen LogP contribution in [0.3, 0.4) is 0 Å². The second-order valence-corrected chi connectivity index (χ2v) is 9.58. The summed E-state index contributed by atoms with van der Waals surface area (Å²) >= 11 is 0.